The average molecular weight is 522 g/mol. The second-order valence-electron chi connectivity index (χ2n) is 10.0. The molecular formula is C29H35N3O6. The Morgan fingerprint density at radius 3 is 2.61 bits per heavy atom. The molecule has 3 amide bonds. The first-order chi connectivity index (χ1) is 18.2. The Morgan fingerprint density at radius 2 is 1.92 bits per heavy atom. The number of benzene rings is 2. The quantitative estimate of drug-likeness (QED) is 0.375. The van der Waals surface area contributed by atoms with Crippen molar-refractivity contribution in [3.8, 4) is 0 Å². The van der Waals surface area contributed by atoms with Gasteiger partial charge in [0.25, 0.3) is 11.8 Å². The molecule has 4 rings (SSSR count). The second kappa shape index (κ2) is 11.5. The molecule has 4 N–H and O–H groups in total. The number of aliphatic hydroxyl groups is 3. The molecule has 9 nitrogen and oxygen atoms in total. The lowest BCUT2D eigenvalue weighted by molar-refractivity contribution is -0.139. The third kappa shape index (κ3) is 5.36. The van der Waals surface area contributed by atoms with Crippen molar-refractivity contribution in [3.63, 3.8) is 0 Å². The monoisotopic (exact) mass is 521 g/mol. The Morgan fingerprint density at radius 1 is 1.18 bits per heavy atom. The number of nitrogens with zero attached hydrogens (tertiary/aromatic N) is 2. The van der Waals surface area contributed by atoms with Crippen molar-refractivity contribution < 1.29 is 29.7 Å². The molecule has 0 saturated carbocycles. The van der Waals surface area contributed by atoms with Gasteiger partial charge in [-0.2, -0.15) is 0 Å². The van der Waals surface area contributed by atoms with Crippen LogP contribution in [0.1, 0.15) is 44.2 Å². The average Bonchev–Trinajstić information content (AvgIpc) is 3.47. The van der Waals surface area contributed by atoms with Crippen LogP contribution in [0.5, 0.6) is 0 Å². The van der Waals surface area contributed by atoms with Gasteiger partial charge in [-0.05, 0) is 43.5 Å². The molecule has 2 aliphatic heterocycles. The highest BCUT2D eigenvalue weighted by atomic mass is 16.3. The molecular weight excluding hydrogens is 486 g/mol. The zero-order valence-electron chi connectivity index (χ0n) is 21.7. The molecule has 1 fully saturated rings. The van der Waals surface area contributed by atoms with Gasteiger partial charge >= 0.3 is 0 Å². The molecule has 1 saturated heterocycles. The normalized spacial score (nSPS) is 22.6. The summed E-state index contributed by atoms with van der Waals surface area (Å²) in [7, 11) is 0. The van der Waals surface area contributed by atoms with E-state index in [9.17, 15) is 29.7 Å². The van der Waals surface area contributed by atoms with Gasteiger partial charge in [-0.25, -0.2) is 0 Å². The minimum absolute atomic E-state index is 0.0674. The molecule has 0 radical (unpaired) electrons. The fourth-order valence-corrected chi connectivity index (χ4v) is 5.18. The van der Waals surface area contributed by atoms with Crippen LogP contribution in [0, 0.1) is 5.92 Å². The Bertz CT molecular complexity index is 1210. The van der Waals surface area contributed by atoms with Crippen LogP contribution in [-0.2, 0) is 26.5 Å². The minimum Gasteiger partial charge on any atom is -0.394 e. The van der Waals surface area contributed by atoms with Crippen molar-refractivity contribution >= 4 is 29.1 Å². The Labute approximate surface area is 222 Å². The van der Waals surface area contributed by atoms with E-state index in [0.717, 1.165) is 18.4 Å². The highest BCUT2D eigenvalue weighted by Gasteiger charge is 2.52. The summed E-state index contributed by atoms with van der Waals surface area (Å²) in [5, 5.41) is 33.6. The molecule has 0 bridgehead atoms. The lowest BCUT2D eigenvalue weighted by Gasteiger charge is -2.28. The highest BCUT2D eigenvalue weighted by Crippen LogP contribution is 2.46. The van der Waals surface area contributed by atoms with Gasteiger partial charge in [-0.15, -0.1) is 0 Å². The van der Waals surface area contributed by atoms with Crippen LogP contribution in [0.3, 0.4) is 0 Å². The Balaban J connectivity index is 1.61. The maximum absolute atomic E-state index is 13.8. The molecule has 0 spiro atoms. The number of anilines is 2. The number of carbonyl (C=O) groups excluding carboxylic acids is 3. The third-order valence-electron chi connectivity index (χ3n) is 7.38. The van der Waals surface area contributed by atoms with Crippen LogP contribution < -0.4 is 10.2 Å². The van der Waals surface area contributed by atoms with Crippen molar-refractivity contribution in [2.75, 3.05) is 23.4 Å². The molecule has 2 aromatic carbocycles. The summed E-state index contributed by atoms with van der Waals surface area (Å²) >= 11 is 0. The van der Waals surface area contributed by atoms with E-state index < -0.39 is 29.4 Å². The smallest absolute Gasteiger partial charge is 0.264 e. The first-order valence-electron chi connectivity index (χ1n) is 13.0. The van der Waals surface area contributed by atoms with Gasteiger partial charge < -0.3 is 30.4 Å². The van der Waals surface area contributed by atoms with E-state index in [4.69, 9.17) is 0 Å². The molecule has 2 heterocycles. The maximum Gasteiger partial charge on any atom is 0.264 e. The fraction of sp³-hybridized carbons (Fsp3) is 0.414. The first-order valence-corrected chi connectivity index (χ1v) is 13.0. The number of aliphatic hydroxyl groups excluding tert-OH is 2. The summed E-state index contributed by atoms with van der Waals surface area (Å²) in [6, 6.07) is 14.1. The molecule has 0 aliphatic carbocycles. The van der Waals surface area contributed by atoms with Crippen LogP contribution in [-0.4, -0.2) is 63.2 Å². The summed E-state index contributed by atoms with van der Waals surface area (Å²) in [6.45, 7) is 3.85. The van der Waals surface area contributed by atoms with Gasteiger partial charge in [0.15, 0.2) is 5.60 Å². The van der Waals surface area contributed by atoms with E-state index in [1.807, 2.05) is 30.3 Å². The van der Waals surface area contributed by atoms with Crippen molar-refractivity contribution in [2.45, 2.75) is 57.4 Å². The zero-order chi connectivity index (χ0) is 27.4. The van der Waals surface area contributed by atoms with E-state index >= 15 is 0 Å². The predicted molar refractivity (Wildman–Crippen MR) is 143 cm³/mol. The SMILES string of the molecule is C[C@H](O)C(=O)Nc1ccc2c(c1)[C@](O)([C@@H](C)/C=C/CC(=O)N1CCC[C@H]1CO)C(=O)N2Cc1ccccc1. The predicted octanol–water partition coefficient (Wildman–Crippen LogP) is 2.31. The van der Waals surface area contributed by atoms with Gasteiger partial charge in [0.1, 0.15) is 6.10 Å². The fourth-order valence-electron chi connectivity index (χ4n) is 5.18. The molecule has 4 atom stereocenters. The van der Waals surface area contributed by atoms with Crippen LogP contribution >= 0.6 is 0 Å². The maximum atomic E-state index is 13.8. The van der Waals surface area contributed by atoms with Gasteiger partial charge in [0.2, 0.25) is 5.91 Å². The van der Waals surface area contributed by atoms with Crippen LogP contribution in [0.25, 0.3) is 0 Å². The molecule has 0 unspecified atom stereocenters. The lowest BCUT2D eigenvalue weighted by Crippen LogP contribution is -2.44. The third-order valence-corrected chi connectivity index (χ3v) is 7.38. The van der Waals surface area contributed by atoms with E-state index in [-0.39, 0.29) is 31.5 Å². The number of rotatable bonds is 9. The van der Waals surface area contributed by atoms with Gasteiger partial charge in [0.05, 0.1) is 24.9 Å². The van der Waals surface area contributed by atoms with E-state index in [0.29, 0.717) is 23.5 Å². The largest absolute Gasteiger partial charge is 0.394 e. The number of nitrogens with one attached hydrogen (secondary N) is 1. The summed E-state index contributed by atoms with van der Waals surface area (Å²) in [5.74, 6) is -1.91. The molecule has 2 aromatic rings. The van der Waals surface area contributed by atoms with Crippen molar-refractivity contribution in [3.05, 3.63) is 71.8 Å². The zero-order valence-corrected chi connectivity index (χ0v) is 21.7. The standard InChI is InChI=1S/C29H35N3O6/c1-19(8-6-12-26(35)31-15-7-11-23(31)18-33)29(38)24-16-22(30-27(36)20(2)34)13-14-25(24)32(28(29)37)17-21-9-4-3-5-10-21/h3-6,8-10,13-14,16,19-20,23,33-34,38H,7,11-12,15,17-18H2,1-2H3,(H,30,36)/b8-6+/t19-,20-,23-,29+/m0/s1. The summed E-state index contributed by atoms with van der Waals surface area (Å²) in [6.07, 6.45) is 3.82. The summed E-state index contributed by atoms with van der Waals surface area (Å²) in [4.78, 5) is 41.7. The molecule has 9 heteroatoms. The summed E-state index contributed by atoms with van der Waals surface area (Å²) in [5.41, 5.74) is 0.162. The van der Waals surface area contributed by atoms with E-state index in [2.05, 4.69) is 5.32 Å². The van der Waals surface area contributed by atoms with Crippen LogP contribution in [0.2, 0.25) is 0 Å². The van der Waals surface area contributed by atoms with Crippen molar-refractivity contribution in [1.82, 2.24) is 4.90 Å². The van der Waals surface area contributed by atoms with Gasteiger partial charge in [0, 0.05) is 30.1 Å². The number of fused-ring (bicyclic) bond motifs is 1. The number of hydrogen-bond acceptors (Lipinski definition) is 6. The van der Waals surface area contributed by atoms with Crippen molar-refractivity contribution in [1.29, 1.82) is 0 Å². The molecule has 2 aliphatic rings. The first kappa shape index (κ1) is 27.5. The van der Waals surface area contributed by atoms with Crippen LogP contribution in [0.15, 0.2) is 60.7 Å². The summed E-state index contributed by atoms with van der Waals surface area (Å²) < 4.78 is 0. The Kier molecular flexibility index (Phi) is 8.30. The van der Waals surface area contributed by atoms with Crippen LogP contribution in [0.4, 0.5) is 11.4 Å². The number of likely N-dealkylation sites (tertiary alicyclic amines) is 1. The molecule has 202 valence electrons. The topological polar surface area (TPSA) is 130 Å². The van der Waals surface area contributed by atoms with E-state index in [1.54, 1.807) is 42.2 Å². The Hall–Kier alpha value is -3.53. The van der Waals surface area contributed by atoms with Gasteiger partial charge in [-0.1, -0.05) is 49.4 Å². The molecule has 38 heavy (non-hydrogen) atoms. The minimum atomic E-state index is -1.93. The van der Waals surface area contributed by atoms with Gasteiger partial charge in [-0.3, -0.25) is 14.4 Å². The van der Waals surface area contributed by atoms with E-state index in [1.165, 1.54) is 11.8 Å². The number of amides is 3. The lowest BCUT2D eigenvalue weighted by atomic mass is 9.82. The second-order valence-corrected chi connectivity index (χ2v) is 10.0. The number of hydrogen-bond donors (Lipinski definition) is 4. The van der Waals surface area contributed by atoms with Crippen molar-refractivity contribution in [2.24, 2.45) is 5.92 Å². The molecule has 0 aromatic heterocycles. The highest BCUT2D eigenvalue weighted by molar-refractivity contribution is 6.08. The number of carbonyl (C=O) groups is 3.